The molecule has 1 aromatic heterocycles. The number of amides is 1. The summed E-state index contributed by atoms with van der Waals surface area (Å²) in [6, 6.07) is 1.52. The van der Waals surface area contributed by atoms with E-state index in [9.17, 15) is 9.18 Å². The summed E-state index contributed by atoms with van der Waals surface area (Å²) in [5.41, 5.74) is 0.0537. The summed E-state index contributed by atoms with van der Waals surface area (Å²) in [5.74, 6) is -0.302. The van der Waals surface area contributed by atoms with Crippen LogP contribution in [0.1, 0.15) is 30.1 Å². The molecule has 116 valence electrons. The van der Waals surface area contributed by atoms with E-state index in [-0.39, 0.29) is 23.3 Å². The Morgan fingerprint density at radius 2 is 2.33 bits per heavy atom. The molecule has 1 aliphatic carbocycles. The van der Waals surface area contributed by atoms with Crippen LogP contribution in [0.25, 0.3) is 0 Å². The minimum absolute atomic E-state index is 0.0537. The average Bonchev–Trinajstić information content (AvgIpc) is 3.32. The van der Waals surface area contributed by atoms with E-state index in [2.05, 4.69) is 10.3 Å². The van der Waals surface area contributed by atoms with Crippen LogP contribution in [-0.4, -0.2) is 49.1 Å². The van der Waals surface area contributed by atoms with E-state index >= 15 is 0 Å². The number of aromatic nitrogens is 1. The van der Waals surface area contributed by atoms with Gasteiger partial charge in [0.05, 0.1) is 12.2 Å². The summed E-state index contributed by atoms with van der Waals surface area (Å²) in [7, 11) is 3.17. The van der Waals surface area contributed by atoms with Crippen LogP contribution < -0.4 is 5.32 Å². The van der Waals surface area contributed by atoms with Crippen molar-refractivity contribution in [2.24, 2.45) is 5.92 Å². The Balaban J connectivity index is 2.24. The zero-order valence-electron chi connectivity index (χ0n) is 12.7. The molecule has 6 heteroatoms. The lowest BCUT2D eigenvalue weighted by atomic mass is 10.1. The highest BCUT2D eigenvalue weighted by atomic mass is 19.1. The molecule has 0 spiro atoms. The van der Waals surface area contributed by atoms with Gasteiger partial charge in [0.2, 0.25) is 0 Å². The third-order valence-electron chi connectivity index (χ3n) is 3.95. The third kappa shape index (κ3) is 3.50. The van der Waals surface area contributed by atoms with Crippen molar-refractivity contribution in [1.82, 2.24) is 9.88 Å². The smallest absolute Gasteiger partial charge is 0.257 e. The first-order chi connectivity index (χ1) is 10.1. The minimum atomic E-state index is -0.601. The topological polar surface area (TPSA) is 54.5 Å². The molecule has 1 heterocycles. The van der Waals surface area contributed by atoms with Gasteiger partial charge in [-0.15, -0.1) is 0 Å². The maximum atomic E-state index is 14.3. The van der Waals surface area contributed by atoms with E-state index in [1.165, 1.54) is 12.3 Å². The highest BCUT2D eigenvalue weighted by molar-refractivity contribution is 5.95. The van der Waals surface area contributed by atoms with Gasteiger partial charge in [0.1, 0.15) is 0 Å². The third-order valence-corrected chi connectivity index (χ3v) is 3.95. The molecule has 1 unspecified atom stereocenters. The molecule has 1 fully saturated rings. The van der Waals surface area contributed by atoms with Crippen LogP contribution in [-0.2, 0) is 4.74 Å². The van der Waals surface area contributed by atoms with Gasteiger partial charge in [0.25, 0.3) is 5.91 Å². The van der Waals surface area contributed by atoms with Gasteiger partial charge in [-0.2, -0.15) is 0 Å². The summed E-state index contributed by atoms with van der Waals surface area (Å²) in [6.07, 6.45) is 3.69. The van der Waals surface area contributed by atoms with Gasteiger partial charge in [0.15, 0.2) is 11.6 Å². The number of carbonyl (C=O) groups excluding carboxylic acids is 1. The van der Waals surface area contributed by atoms with Crippen molar-refractivity contribution < 1.29 is 13.9 Å². The number of anilines is 1. The SMILES string of the molecule is CNc1nccc(C(=O)N(CCOC)C(C)C2CC2)c1F. The quantitative estimate of drug-likeness (QED) is 0.837. The molecule has 1 atom stereocenters. The average molecular weight is 295 g/mol. The van der Waals surface area contributed by atoms with Crippen LogP contribution in [0.15, 0.2) is 12.3 Å². The fourth-order valence-electron chi connectivity index (χ4n) is 2.45. The zero-order chi connectivity index (χ0) is 15.4. The Labute approximate surface area is 124 Å². The fourth-order valence-corrected chi connectivity index (χ4v) is 2.45. The van der Waals surface area contributed by atoms with Crippen LogP contribution in [0.2, 0.25) is 0 Å². The molecule has 5 nitrogen and oxygen atoms in total. The Morgan fingerprint density at radius 3 is 2.90 bits per heavy atom. The number of nitrogens with one attached hydrogen (secondary N) is 1. The molecule has 1 N–H and O–H groups in total. The van der Waals surface area contributed by atoms with Crippen LogP contribution in [0.5, 0.6) is 0 Å². The molecule has 0 radical (unpaired) electrons. The molecular formula is C15H22FN3O2. The van der Waals surface area contributed by atoms with Crippen molar-refractivity contribution in [3.05, 3.63) is 23.6 Å². The van der Waals surface area contributed by atoms with Gasteiger partial charge in [-0.25, -0.2) is 9.37 Å². The van der Waals surface area contributed by atoms with Gasteiger partial charge in [-0.05, 0) is 31.7 Å². The molecule has 0 bridgehead atoms. The molecule has 21 heavy (non-hydrogen) atoms. The number of pyridine rings is 1. The molecule has 1 amide bonds. The van der Waals surface area contributed by atoms with E-state index in [4.69, 9.17) is 4.74 Å². The molecular weight excluding hydrogens is 273 g/mol. The van der Waals surface area contributed by atoms with E-state index < -0.39 is 5.82 Å². The second-order valence-electron chi connectivity index (χ2n) is 5.34. The molecule has 1 aliphatic rings. The summed E-state index contributed by atoms with van der Waals surface area (Å²) in [6.45, 7) is 2.92. The van der Waals surface area contributed by atoms with Crippen molar-refractivity contribution in [3.8, 4) is 0 Å². The van der Waals surface area contributed by atoms with Crippen molar-refractivity contribution in [2.75, 3.05) is 32.6 Å². The van der Waals surface area contributed by atoms with E-state index in [0.717, 1.165) is 12.8 Å². The maximum Gasteiger partial charge on any atom is 0.257 e. The van der Waals surface area contributed by atoms with Crippen molar-refractivity contribution in [3.63, 3.8) is 0 Å². The Hall–Kier alpha value is -1.69. The van der Waals surface area contributed by atoms with Gasteiger partial charge in [0, 0.05) is 32.9 Å². The maximum absolute atomic E-state index is 14.3. The summed E-state index contributed by atoms with van der Waals surface area (Å²) >= 11 is 0. The van der Waals surface area contributed by atoms with E-state index in [0.29, 0.717) is 19.1 Å². The van der Waals surface area contributed by atoms with Crippen molar-refractivity contribution in [1.29, 1.82) is 0 Å². The minimum Gasteiger partial charge on any atom is -0.383 e. The number of methoxy groups -OCH3 is 1. The normalized spacial score (nSPS) is 15.6. The first kappa shape index (κ1) is 15.7. The number of rotatable bonds is 7. The van der Waals surface area contributed by atoms with Crippen LogP contribution >= 0.6 is 0 Å². The largest absolute Gasteiger partial charge is 0.383 e. The predicted molar refractivity (Wildman–Crippen MR) is 78.8 cm³/mol. The number of hydrogen-bond donors (Lipinski definition) is 1. The highest BCUT2D eigenvalue weighted by Crippen LogP contribution is 2.35. The van der Waals surface area contributed by atoms with Crippen LogP contribution in [0.4, 0.5) is 10.2 Å². The molecule has 1 aromatic rings. The van der Waals surface area contributed by atoms with Gasteiger partial charge < -0.3 is 15.0 Å². The molecule has 1 saturated carbocycles. The molecule has 2 rings (SSSR count). The second kappa shape index (κ2) is 6.85. The fraction of sp³-hybridized carbons (Fsp3) is 0.600. The lowest BCUT2D eigenvalue weighted by molar-refractivity contribution is 0.0590. The molecule has 0 aromatic carbocycles. The highest BCUT2D eigenvalue weighted by Gasteiger charge is 2.35. The van der Waals surface area contributed by atoms with E-state index in [1.807, 2.05) is 6.92 Å². The van der Waals surface area contributed by atoms with Crippen molar-refractivity contribution >= 4 is 11.7 Å². The van der Waals surface area contributed by atoms with Crippen LogP contribution in [0, 0.1) is 11.7 Å². The first-order valence-corrected chi connectivity index (χ1v) is 7.22. The first-order valence-electron chi connectivity index (χ1n) is 7.22. The number of halogens is 1. The Bertz CT molecular complexity index is 506. The summed E-state index contributed by atoms with van der Waals surface area (Å²) < 4.78 is 19.4. The second-order valence-corrected chi connectivity index (χ2v) is 5.34. The monoisotopic (exact) mass is 295 g/mol. The number of nitrogens with zero attached hydrogens (tertiary/aromatic N) is 2. The Morgan fingerprint density at radius 1 is 1.62 bits per heavy atom. The lowest BCUT2D eigenvalue weighted by Crippen LogP contribution is -2.42. The van der Waals surface area contributed by atoms with Gasteiger partial charge in [-0.3, -0.25) is 4.79 Å². The lowest BCUT2D eigenvalue weighted by Gasteiger charge is -2.29. The summed E-state index contributed by atoms with van der Waals surface area (Å²) in [4.78, 5) is 18.3. The number of hydrogen-bond acceptors (Lipinski definition) is 4. The Kier molecular flexibility index (Phi) is 5.12. The van der Waals surface area contributed by atoms with E-state index in [1.54, 1.807) is 19.1 Å². The standard InChI is InChI=1S/C15H22FN3O2/c1-10(11-4-5-11)19(8-9-21-3)15(20)12-6-7-18-14(17-2)13(12)16/h6-7,10-11H,4-5,8-9H2,1-3H3,(H,17,18). The molecule has 0 saturated heterocycles. The number of carbonyl (C=O) groups is 1. The zero-order valence-corrected chi connectivity index (χ0v) is 12.7. The predicted octanol–water partition coefficient (Wildman–Crippen LogP) is 2.15. The van der Waals surface area contributed by atoms with Crippen molar-refractivity contribution in [2.45, 2.75) is 25.8 Å². The number of ether oxygens (including phenoxy) is 1. The molecule has 0 aliphatic heterocycles. The van der Waals surface area contributed by atoms with Crippen LogP contribution in [0.3, 0.4) is 0 Å². The van der Waals surface area contributed by atoms with Gasteiger partial charge in [-0.1, -0.05) is 0 Å². The summed E-state index contributed by atoms with van der Waals surface area (Å²) in [5, 5.41) is 2.66. The van der Waals surface area contributed by atoms with Gasteiger partial charge >= 0.3 is 0 Å².